The Kier molecular flexibility index (Phi) is 3.14. The lowest BCUT2D eigenvalue weighted by Gasteiger charge is -2.21. The van der Waals surface area contributed by atoms with Crippen molar-refractivity contribution in [3.8, 4) is 0 Å². The van der Waals surface area contributed by atoms with Gasteiger partial charge in [-0.15, -0.1) is 0 Å². The van der Waals surface area contributed by atoms with Gasteiger partial charge in [0.05, 0.1) is 0 Å². The lowest BCUT2D eigenvalue weighted by Crippen LogP contribution is -2.39. The predicted molar refractivity (Wildman–Crippen MR) is 55.8 cm³/mol. The molecular weight excluding hydrogens is 182 g/mol. The Morgan fingerprint density at radius 3 is 2.85 bits per heavy atom. The van der Waals surface area contributed by atoms with E-state index in [0.29, 0.717) is 12.5 Å². The number of rotatable bonds is 1. The molecule has 13 heavy (non-hydrogen) atoms. The fraction of sp³-hybridized carbons (Fsp3) is 0.900. The van der Waals surface area contributed by atoms with E-state index in [2.05, 4.69) is 5.32 Å². The van der Waals surface area contributed by atoms with Crippen molar-refractivity contribution in [2.75, 3.05) is 11.5 Å². The molecule has 1 aliphatic heterocycles. The van der Waals surface area contributed by atoms with Gasteiger partial charge in [0.1, 0.15) is 0 Å². The van der Waals surface area contributed by atoms with Crippen LogP contribution in [0, 0.1) is 5.92 Å². The van der Waals surface area contributed by atoms with Crippen molar-refractivity contribution in [3.05, 3.63) is 0 Å². The fourth-order valence-corrected chi connectivity index (χ4v) is 3.42. The van der Waals surface area contributed by atoms with Gasteiger partial charge in [-0.25, -0.2) is 0 Å². The molecule has 1 amide bonds. The van der Waals surface area contributed by atoms with Gasteiger partial charge >= 0.3 is 0 Å². The fourth-order valence-electron chi connectivity index (χ4n) is 2.31. The zero-order chi connectivity index (χ0) is 9.10. The van der Waals surface area contributed by atoms with Gasteiger partial charge in [0.25, 0.3) is 0 Å². The highest BCUT2D eigenvalue weighted by Crippen LogP contribution is 2.30. The van der Waals surface area contributed by atoms with Gasteiger partial charge in [0.2, 0.25) is 5.91 Å². The van der Waals surface area contributed by atoms with Gasteiger partial charge in [-0.1, -0.05) is 12.8 Å². The summed E-state index contributed by atoms with van der Waals surface area (Å²) in [5.41, 5.74) is 0. The third-order valence-corrected chi connectivity index (χ3v) is 4.17. The number of amides is 1. The molecule has 0 radical (unpaired) electrons. The van der Waals surface area contributed by atoms with E-state index in [1.807, 2.05) is 11.8 Å². The van der Waals surface area contributed by atoms with E-state index >= 15 is 0 Å². The Balaban J connectivity index is 1.92. The standard InChI is InChI=1S/C10H17NOS/c12-10-5-6-13-7-9(11-10)8-3-1-2-4-8/h8-9H,1-7H2,(H,11,12). The number of thioether (sulfide) groups is 1. The minimum Gasteiger partial charge on any atom is -0.352 e. The third kappa shape index (κ3) is 2.39. The van der Waals surface area contributed by atoms with E-state index in [9.17, 15) is 4.79 Å². The van der Waals surface area contributed by atoms with Crippen molar-refractivity contribution in [2.45, 2.75) is 38.1 Å². The van der Waals surface area contributed by atoms with Crippen molar-refractivity contribution in [3.63, 3.8) is 0 Å². The van der Waals surface area contributed by atoms with Gasteiger partial charge in [-0.3, -0.25) is 4.79 Å². The molecule has 3 heteroatoms. The van der Waals surface area contributed by atoms with E-state index in [-0.39, 0.29) is 5.91 Å². The monoisotopic (exact) mass is 199 g/mol. The molecule has 2 nitrogen and oxygen atoms in total. The van der Waals surface area contributed by atoms with Gasteiger partial charge in [0.15, 0.2) is 0 Å². The largest absolute Gasteiger partial charge is 0.352 e. The molecule has 1 heterocycles. The van der Waals surface area contributed by atoms with E-state index in [0.717, 1.165) is 17.4 Å². The Labute approximate surface area is 83.8 Å². The summed E-state index contributed by atoms with van der Waals surface area (Å²) in [6.07, 6.45) is 6.09. The van der Waals surface area contributed by atoms with Gasteiger partial charge in [-0.05, 0) is 18.8 Å². The highest BCUT2D eigenvalue weighted by Gasteiger charge is 2.27. The number of carbonyl (C=O) groups is 1. The normalized spacial score (nSPS) is 31.4. The molecule has 0 aromatic carbocycles. The van der Waals surface area contributed by atoms with E-state index in [1.54, 1.807) is 0 Å². The first-order valence-corrected chi connectivity index (χ1v) is 6.39. The minimum atomic E-state index is 0.266. The molecule has 2 fully saturated rings. The Morgan fingerprint density at radius 1 is 1.31 bits per heavy atom. The SMILES string of the molecule is O=C1CCSCC(C2CCCC2)N1. The molecule has 2 rings (SSSR count). The lowest BCUT2D eigenvalue weighted by molar-refractivity contribution is -0.121. The van der Waals surface area contributed by atoms with Crippen LogP contribution in [-0.2, 0) is 4.79 Å². The topological polar surface area (TPSA) is 29.1 Å². The average molecular weight is 199 g/mol. The Bertz CT molecular complexity index is 189. The minimum absolute atomic E-state index is 0.266. The molecule has 1 N–H and O–H groups in total. The summed E-state index contributed by atoms with van der Waals surface area (Å²) in [6, 6.07) is 0.475. The zero-order valence-corrected chi connectivity index (χ0v) is 8.74. The maximum Gasteiger partial charge on any atom is 0.221 e. The van der Waals surface area contributed by atoms with E-state index in [1.165, 1.54) is 25.7 Å². The number of carbonyl (C=O) groups excluding carboxylic acids is 1. The van der Waals surface area contributed by atoms with E-state index < -0.39 is 0 Å². The van der Waals surface area contributed by atoms with E-state index in [4.69, 9.17) is 0 Å². The van der Waals surface area contributed by atoms with Crippen LogP contribution in [0.1, 0.15) is 32.1 Å². The smallest absolute Gasteiger partial charge is 0.221 e. The van der Waals surface area contributed by atoms with Crippen LogP contribution in [0.25, 0.3) is 0 Å². The first-order valence-electron chi connectivity index (χ1n) is 5.23. The van der Waals surface area contributed by atoms with Gasteiger partial charge in [-0.2, -0.15) is 11.8 Å². The number of nitrogens with one attached hydrogen (secondary N) is 1. The molecule has 1 unspecified atom stereocenters. The van der Waals surface area contributed by atoms with Crippen LogP contribution < -0.4 is 5.32 Å². The lowest BCUT2D eigenvalue weighted by atomic mass is 9.99. The molecule has 0 aromatic heterocycles. The average Bonchev–Trinajstić information content (AvgIpc) is 2.56. The summed E-state index contributed by atoms with van der Waals surface area (Å²) in [6.45, 7) is 0. The molecular formula is C10H17NOS. The molecule has 0 bridgehead atoms. The molecule has 1 saturated heterocycles. The van der Waals surface area contributed by atoms with Crippen molar-refractivity contribution >= 4 is 17.7 Å². The molecule has 0 spiro atoms. The molecule has 2 aliphatic rings. The van der Waals surface area contributed by atoms with Crippen LogP contribution in [0.2, 0.25) is 0 Å². The van der Waals surface area contributed by atoms with Crippen molar-refractivity contribution < 1.29 is 4.79 Å². The van der Waals surface area contributed by atoms with Gasteiger partial charge < -0.3 is 5.32 Å². The Morgan fingerprint density at radius 2 is 2.08 bits per heavy atom. The van der Waals surface area contributed by atoms with Crippen LogP contribution in [-0.4, -0.2) is 23.5 Å². The summed E-state index contributed by atoms with van der Waals surface area (Å²) in [5, 5.41) is 3.16. The second-order valence-electron chi connectivity index (χ2n) is 4.04. The van der Waals surface area contributed by atoms with Crippen molar-refractivity contribution in [1.29, 1.82) is 0 Å². The molecule has 1 atom stereocenters. The first-order chi connectivity index (χ1) is 6.36. The number of hydrogen-bond donors (Lipinski definition) is 1. The highest BCUT2D eigenvalue weighted by molar-refractivity contribution is 7.99. The summed E-state index contributed by atoms with van der Waals surface area (Å²) in [4.78, 5) is 11.3. The van der Waals surface area contributed by atoms with Crippen molar-refractivity contribution in [2.24, 2.45) is 5.92 Å². The zero-order valence-electron chi connectivity index (χ0n) is 7.92. The molecule has 1 saturated carbocycles. The van der Waals surface area contributed by atoms with Crippen LogP contribution in [0.5, 0.6) is 0 Å². The second kappa shape index (κ2) is 4.36. The molecule has 1 aliphatic carbocycles. The maximum absolute atomic E-state index is 11.3. The summed E-state index contributed by atoms with van der Waals surface area (Å²) in [7, 11) is 0. The van der Waals surface area contributed by atoms with Gasteiger partial charge in [0, 0.05) is 24.0 Å². The summed E-state index contributed by atoms with van der Waals surface area (Å²) in [5.74, 6) is 3.18. The number of hydrogen-bond acceptors (Lipinski definition) is 2. The van der Waals surface area contributed by atoms with Crippen molar-refractivity contribution in [1.82, 2.24) is 5.32 Å². The predicted octanol–water partition coefficient (Wildman–Crippen LogP) is 1.80. The first kappa shape index (κ1) is 9.38. The quantitative estimate of drug-likeness (QED) is 0.697. The molecule has 0 aromatic rings. The van der Waals surface area contributed by atoms with Crippen LogP contribution in [0.3, 0.4) is 0 Å². The van der Waals surface area contributed by atoms with Crippen LogP contribution in [0.15, 0.2) is 0 Å². The summed E-state index contributed by atoms with van der Waals surface area (Å²) >= 11 is 1.93. The molecule has 74 valence electrons. The Hall–Kier alpha value is -0.180. The summed E-state index contributed by atoms with van der Waals surface area (Å²) < 4.78 is 0. The second-order valence-corrected chi connectivity index (χ2v) is 5.19. The van der Waals surface area contributed by atoms with Crippen LogP contribution >= 0.6 is 11.8 Å². The third-order valence-electron chi connectivity index (χ3n) is 3.09. The maximum atomic E-state index is 11.3. The highest BCUT2D eigenvalue weighted by atomic mass is 32.2. The van der Waals surface area contributed by atoms with Crippen LogP contribution in [0.4, 0.5) is 0 Å².